The third kappa shape index (κ3) is 3.78. The maximum Gasteiger partial charge on any atom is 0.165 e. The van der Waals surface area contributed by atoms with Gasteiger partial charge in [0.15, 0.2) is 5.65 Å². The van der Waals surface area contributed by atoms with Crippen LogP contribution in [-0.2, 0) is 0 Å². The largest absolute Gasteiger partial charge is 0.496 e. The fraction of sp³-hybridized carbons (Fsp3) is 0.520. The average Bonchev–Trinajstić information content (AvgIpc) is 3.14. The van der Waals surface area contributed by atoms with Crippen LogP contribution in [0, 0.1) is 13.8 Å². The van der Waals surface area contributed by atoms with Crippen molar-refractivity contribution in [3.05, 3.63) is 41.7 Å². The maximum absolute atomic E-state index is 5.64. The van der Waals surface area contributed by atoms with E-state index < -0.39 is 0 Å². The molecule has 2 aromatic heterocycles. The number of benzene rings is 1. The van der Waals surface area contributed by atoms with Crippen molar-refractivity contribution in [2.45, 2.75) is 52.0 Å². The number of anilines is 1. The highest BCUT2D eigenvalue weighted by Crippen LogP contribution is 2.36. The first-order valence-electron chi connectivity index (χ1n) is 11.8. The van der Waals surface area contributed by atoms with Gasteiger partial charge in [-0.2, -0.15) is 9.61 Å². The number of nitrogens with one attached hydrogen (secondary N) is 1. The van der Waals surface area contributed by atoms with E-state index in [0.717, 1.165) is 53.0 Å². The number of hydrogen-bond donors (Lipinski definition) is 1. The second-order valence-corrected chi connectivity index (χ2v) is 9.13. The molecular weight excluding hydrogens is 386 g/mol. The summed E-state index contributed by atoms with van der Waals surface area (Å²) in [6.07, 6.45) is 6.75. The third-order valence-electron chi connectivity index (χ3n) is 7.14. The van der Waals surface area contributed by atoms with Crippen LogP contribution >= 0.6 is 0 Å². The molecule has 0 atom stereocenters. The molecule has 2 saturated heterocycles. The Morgan fingerprint density at radius 3 is 2.52 bits per heavy atom. The Hall–Kier alpha value is -2.60. The van der Waals surface area contributed by atoms with Crippen molar-refractivity contribution in [3.8, 4) is 16.9 Å². The SMILES string of the molecule is COc1ccccc1-c1c(C)nn2c(N3CCC([NH+]4CCCCC4)CC3)cc(C)nc12. The molecular formula is C25H34N5O+. The Labute approximate surface area is 184 Å². The van der Waals surface area contributed by atoms with Gasteiger partial charge in [0.1, 0.15) is 11.6 Å². The van der Waals surface area contributed by atoms with Crippen molar-refractivity contribution in [1.29, 1.82) is 0 Å². The average molecular weight is 421 g/mol. The Morgan fingerprint density at radius 2 is 1.77 bits per heavy atom. The first kappa shape index (κ1) is 20.3. The second-order valence-electron chi connectivity index (χ2n) is 9.13. The van der Waals surface area contributed by atoms with Crippen LogP contribution in [0.3, 0.4) is 0 Å². The van der Waals surface area contributed by atoms with Crippen LogP contribution in [0.15, 0.2) is 30.3 Å². The summed E-state index contributed by atoms with van der Waals surface area (Å²) in [4.78, 5) is 9.26. The summed E-state index contributed by atoms with van der Waals surface area (Å²) in [5.74, 6) is 2.02. The monoisotopic (exact) mass is 420 g/mol. The van der Waals surface area contributed by atoms with Crippen LogP contribution in [0.2, 0.25) is 0 Å². The van der Waals surface area contributed by atoms with Crippen molar-refractivity contribution in [3.63, 3.8) is 0 Å². The van der Waals surface area contributed by atoms with E-state index in [1.165, 1.54) is 51.0 Å². The van der Waals surface area contributed by atoms with Gasteiger partial charge in [0.05, 0.1) is 37.5 Å². The zero-order valence-corrected chi connectivity index (χ0v) is 19.0. The molecule has 3 aromatic rings. The van der Waals surface area contributed by atoms with Gasteiger partial charge < -0.3 is 14.5 Å². The molecule has 0 spiro atoms. The highest BCUT2D eigenvalue weighted by molar-refractivity contribution is 5.84. The molecule has 1 aromatic carbocycles. The summed E-state index contributed by atoms with van der Waals surface area (Å²) < 4.78 is 7.70. The highest BCUT2D eigenvalue weighted by Gasteiger charge is 2.30. The lowest BCUT2D eigenvalue weighted by atomic mass is 10.00. The van der Waals surface area contributed by atoms with E-state index in [9.17, 15) is 0 Å². The number of ether oxygens (including phenoxy) is 1. The number of nitrogens with zero attached hydrogens (tertiary/aromatic N) is 4. The Balaban J connectivity index is 1.48. The van der Waals surface area contributed by atoms with Crippen LogP contribution in [0.25, 0.3) is 16.8 Å². The lowest BCUT2D eigenvalue weighted by Gasteiger charge is -2.38. The lowest BCUT2D eigenvalue weighted by Crippen LogP contribution is -3.16. The number of hydrogen-bond acceptors (Lipinski definition) is 4. The molecule has 5 rings (SSSR count). The van der Waals surface area contributed by atoms with Crippen molar-refractivity contribution in [2.24, 2.45) is 0 Å². The minimum absolute atomic E-state index is 0.818. The second kappa shape index (κ2) is 8.50. The fourth-order valence-corrected chi connectivity index (χ4v) is 5.55. The quantitative estimate of drug-likeness (QED) is 0.705. The molecule has 31 heavy (non-hydrogen) atoms. The first-order chi connectivity index (χ1) is 15.2. The molecule has 0 saturated carbocycles. The van der Waals surface area contributed by atoms with E-state index in [2.05, 4.69) is 35.4 Å². The van der Waals surface area contributed by atoms with E-state index in [4.69, 9.17) is 14.8 Å². The van der Waals surface area contributed by atoms with Crippen LogP contribution in [0.1, 0.15) is 43.5 Å². The van der Waals surface area contributed by atoms with Crippen molar-refractivity contribution in [1.82, 2.24) is 14.6 Å². The van der Waals surface area contributed by atoms with Crippen LogP contribution < -0.4 is 14.5 Å². The molecule has 0 amide bonds. The summed E-state index contributed by atoms with van der Waals surface area (Å²) in [5.41, 5.74) is 5.05. The van der Waals surface area contributed by atoms with E-state index in [-0.39, 0.29) is 0 Å². The van der Waals surface area contributed by atoms with Gasteiger partial charge in [-0.3, -0.25) is 0 Å². The lowest BCUT2D eigenvalue weighted by molar-refractivity contribution is -0.930. The van der Waals surface area contributed by atoms with Crippen molar-refractivity contribution >= 4 is 11.5 Å². The van der Waals surface area contributed by atoms with E-state index in [1.54, 1.807) is 7.11 Å². The summed E-state index contributed by atoms with van der Waals surface area (Å²) in [5, 5.41) is 4.94. The van der Waals surface area contributed by atoms with Gasteiger partial charge in [-0.05, 0) is 39.2 Å². The molecule has 164 valence electrons. The van der Waals surface area contributed by atoms with Gasteiger partial charge in [-0.15, -0.1) is 0 Å². The molecule has 4 heterocycles. The van der Waals surface area contributed by atoms with E-state index in [0.29, 0.717) is 0 Å². The molecule has 0 unspecified atom stereocenters. The third-order valence-corrected chi connectivity index (χ3v) is 7.14. The summed E-state index contributed by atoms with van der Waals surface area (Å²) >= 11 is 0. The van der Waals surface area contributed by atoms with Crippen molar-refractivity contribution in [2.75, 3.05) is 38.2 Å². The minimum Gasteiger partial charge on any atom is -0.496 e. The molecule has 2 aliphatic heterocycles. The zero-order valence-electron chi connectivity index (χ0n) is 19.0. The number of fused-ring (bicyclic) bond motifs is 1. The zero-order chi connectivity index (χ0) is 21.4. The number of aromatic nitrogens is 3. The Morgan fingerprint density at radius 1 is 1.03 bits per heavy atom. The first-order valence-corrected chi connectivity index (χ1v) is 11.8. The van der Waals surface area contributed by atoms with E-state index in [1.807, 2.05) is 23.1 Å². The van der Waals surface area contributed by atoms with Gasteiger partial charge in [0, 0.05) is 43.3 Å². The number of aryl methyl sites for hydroxylation is 2. The standard InChI is InChI=1S/C25H33N5O/c1-18-17-23(29-15-11-20(12-16-29)28-13-7-4-8-14-28)30-25(26-18)24(19(2)27-30)21-9-5-6-10-22(21)31-3/h5-6,9-10,17,20H,4,7-8,11-16H2,1-3H3/p+1. The topological polar surface area (TPSA) is 47.1 Å². The molecule has 1 N–H and O–H groups in total. The number of rotatable bonds is 4. The van der Waals surface area contributed by atoms with Gasteiger partial charge in [0.2, 0.25) is 0 Å². The fourth-order valence-electron chi connectivity index (χ4n) is 5.55. The molecule has 2 fully saturated rings. The molecule has 2 aliphatic rings. The van der Waals surface area contributed by atoms with E-state index >= 15 is 0 Å². The number of quaternary nitrogens is 1. The van der Waals surface area contributed by atoms with Gasteiger partial charge in [0.25, 0.3) is 0 Å². The predicted octanol–water partition coefficient (Wildman–Crippen LogP) is 3.06. The Bertz CT molecular complexity index is 1060. The number of methoxy groups -OCH3 is 1. The predicted molar refractivity (Wildman–Crippen MR) is 124 cm³/mol. The summed E-state index contributed by atoms with van der Waals surface area (Å²) in [6.45, 7) is 9.07. The molecule has 6 heteroatoms. The Kier molecular flexibility index (Phi) is 5.57. The van der Waals surface area contributed by atoms with Gasteiger partial charge >= 0.3 is 0 Å². The summed E-state index contributed by atoms with van der Waals surface area (Å²) in [6, 6.07) is 11.2. The maximum atomic E-state index is 5.64. The van der Waals surface area contributed by atoms with Crippen LogP contribution in [0.5, 0.6) is 5.75 Å². The molecule has 6 nitrogen and oxygen atoms in total. The van der Waals surface area contributed by atoms with Gasteiger partial charge in [-0.1, -0.05) is 18.2 Å². The molecule has 0 aliphatic carbocycles. The normalized spacial score (nSPS) is 18.6. The molecule has 0 bridgehead atoms. The highest BCUT2D eigenvalue weighted by atomic mass is 16.5. The van der Waals surface area contributed by atoms with Crippen LogP contribution in [-0.4, -0.2) is 53.9 Å². The van der Waals surface area contributed by atoms with Gasteiger partial charge in [-0.25, -0.2) is 4.98 Å². The smallest absolute Gasteiger partial charge is 0.165 e. The number of likely N-dealkylation sites (tertiary alicyclic amines) is 1. The number of piperidine rings is 2. The molecule has 0 radical (unpaired) electrons. The number of para-hydroxylation sites is 1. The van der Waals surface area contributed by atoms with Crippen molar-refractivity contribution < 1.29 is 9.64 Å². The minimum atomic E-state index is 0.818. The summed E-state index contributed by atoms with van der Waals surface area (Å²) in [7, 11) is 1.72. The van der Waals surface area contributed by atoms with Crippen LogP contribution in [0.4, 0.5) is 5.82 Å².